The molecular formula is C12H24FNO2. The molecule has 16 heavy (non-hydrogen) atoms. The highest BCUT2D eigenvalue weighted by atomic mass is 19.1. The first-order valence-electron chi connectivity index (χ1n) is 6.21. The predicted octanol–water partition coefficient (Wildman–Crippen LogP) is 2.18. The van der Waals surface area contributed by atoms with Crippen LogP contribution in [0.15, 0.2) is 0 Å². The Balaban J connectivity index is 3.29. The molecule has 0 aliphatic carbocycles. The van der Waals surface area contributed by atoms with E-state index in [2.05, 4.69) is 5.32 Å². The van der Waals surface area contributed by atoms with Crippen molar-refractivity contribution in [2.45, 2.75) is 58.0 Å². The Bertz CT molecular complexity index is 176. The molecule has 0 rings (SSSR count). The fourth-order valence-electron chi connectivity index (χ4n) is 1.50. The average Bonchev–Trinajstić information content (AvgIpc) is 2.25. The lowest BCUT2D eigenvalue weighted by Gasteiger charge is -2.09. The molecule has 1 atom stereocenters. The summed E-state index contributed by atoms with van der Waals surface area (Å²) in [5.41, 5.74) is 0. The quantitative estimate of drug-likeness (QED) is 0.568. The maximum absolute atomic E-state index is 11.8. The SMILES string of the molecule is CCCC(O)CCNC(=O)CCCCCF. The van der Waals surface area contributed by atoms with E-state index in [1.54, 1.807) is 0 Å². The number of alkyl halides is 1. The van der Waals surface area contributed by atoms with Gasteiger partial charge >= 0.3 is 0 Å². The molecule has 0 radical (unpaired) electrons. The Morgan fingerprint density at radius 1 is 1.31 bits per heavy atom. The third-order valence-electron chi connectivity index (χ3n) is 2.46. The smallest absolute Gasteiger partial charge is 0.219 e. The van der Waals surface area contributed by atoms with Crippen LogP contribution in [0.3, 0.4) is 0 Å². The number of halogens is 1. The molecule has 3 nitrogen and oxygen atoms in total. The molecule has 0 aromatic rings. The van der Waals surface area contributed by atoms with Gasteiger partial charge in [-0.15, -0.1) is 0 Å². The second kappa shape index (κ2) is 10.9. The van der Waals surface area contributed by atoms with Crippen molar-refractivity contribution in [2.24, 2.45) is 0 Å². The van der Waals surface area contributed by atoms with Crippen LogP contribution in [0.2, 0.25) is 0 Å². The van der Waals surface area contributed by atoms with Gasteiger partial charge in [0.15, 0.2) is 0 Å². The largest absolute Gasteiger partial charge is 0.393 e. The van der Waals surface area contributed by atoms with Crippen molar-refractivity contribution in [2.75, 3.05) is 13.2 Å². The molecule has 0 saturated carbocycles. The second-order valence-corrected chi connectivity index (χ2v) is 4.08. The third-order valence-corrected chi connectivity index (χ3v) is 2.46. The van der Waals surface area contributed by atoms with Crippen molar-refractivity contribution >= 4 is 5.91 Å². The van der Waals surface area contributed by atoms with Gasteiger partial charge in [-0.2, -0.15) is 0 Å². The van der Waals surface area contributed by atoms with Crippen LogP contribution >= 0.6 is 0 Å². The molecule has 0 heterocycles. The summed E-state index contributed by atoms with van der Waals surface area (Å²) >= 11 is 0. The molecule has 0 aromatic heterocycles. The van der Waals surface area contributed by atoms with Crippen LogP contribution in [0, 0.1) is 0 Å². The Labute approximate surface area is 97.4 Å². The number of aliphatic hydroxyl groups excluding tert-OH is 1. The minimum Gasteiger partial charge on any atom is -0.393 e. The molecule has 0 aliphatic heterocycles. The van der Waals surface area contributed by atoms with Crippen molar-refractivity contribution in [3.05, 3.63) is 0 Å². The lowest BCUT2D eigenvalue weighted by atomic mass is 10.1. The van der Waals surface area contributed by atoms with Crippen molar-refractivity contribution in [3.63, 3.8) is 0 Å². The van der Waals surface area contributed by atoms with Crippen molar-refractivity contribution < 1.29 is 14.3 Å². The first-order chi connectivity index (χ1) is 7.70. The molecular weight excluding hydrogens is 209 g/mol. The van der Waals surface area contributed by atoms with Gasteiger partial charge in [0.05, 0.1) is 12.8 Å². The first kappa shape index (κ1) is 15.4. The van der Waals surface area contributed by atoms with Gasteiger partial charge in [0, 0.05) is 13.0 Å². The van der Waals surface area contributed by atoms with Gasteiger partial charge < -0.3 is 10.4 Å². The summed E-state index contributed by atoms with van der Waals surface area (Å²) in [5.74, 6) is 0.00237. The molecule has 0 aliphatic rings. The van der Waals surface area contributed by atoms with Crippen LogP contribution in [0.25, 0.3) is 0 Å². The molecule has 0 aromatic carbocycles. The molecule has 96 valence electrons. The fraction of sp³-hybridized carbons (Fsp3) is 0.917. The van der Waals surface area contributed by atoms with Crippen LogP contribution in [-0.4, -0.2) is 30.3 Å². The fourth-order valence-corrected chi connectivity index (χ4v) is 1.50. The normalized spacial score (nSPS) is 12.4. The zero-order valence-electron chi connectivity index (χ0n) is 10.2. The highest BCUT2D eigenvalue weighted by molar-refractivity contribution is 5.75. The van der Waals surface area contributed by atoms with E-state index in [4.69, 9.17) is 0 Å². The summed E-state index contributed by atoms with van der Waals surface area (Å²) in [7, 11) is 0. The van der Waals surface area contributed by atoms with E-state index in [-0.39, 0.29) is 18.7 Å². The minimum absolute atomic E-state index is 0.00237. The van der Waals surface area contributed by atoms with Gasteiger partial charge in [-0.1, -0.05) is 19.8 Å². The summed E-state index contributed by atoms with van der Waals surface area (Å²) in [6, 6.07) is 0. The number of hydrogen-bond acceptors (Lipinski definition) is 2. The summed E-state index contributed by atoms with van der Waals surface area (Å²) in [4.78, 5) is 11.3. The van der Waals surface area contributed by atoms with Gasteiger partial charge in [0.25, 0.3) is 0 Å². The Morgan fingerprint density at radius 3 is 2.69 bits per heavy atom. The number of carbonyl (C=O) groups excluding carboxylic acids is 1. The second-order valence-electron chi connectivity index (χ2n) is 4.08. The van der Waals surface area contributed by atoms with E-state index >= 15 is 0 Å². The highest BCUT2D eigenvalue weighted by Gasteiger charge is 2.04. The Kier molecular flexibility index (Phi) is 10.4. The standard InChI is InChI=1S/C12H24FNO2/c1-2-6-11(15)8-10-14-12(16)7-4-3-5-9-13/h11,15H,2-10H2,1H3,(H,14,16). The number of carbonyl (C=O) groups is 1. The van der Waals surface area contributed by atoms with E-state index in [1.807, 2.05) is 6.92 Å². The van der Waals surface area contributed by atoms with Gasteiger partial charge in [-0.05, 0) is 25.7 Å². The molecule has 1 amide bonds. The number of unbranched alkanes of at least 4 members (excludes halogenated alkanes) is 2. The Hall–Kier alpha value is -0.640. The lowest BCUT2D eigenvalue weighted by molar-refractivity contribution is -0.121. The van der Waals surface area contributed by atoms with Crippen LogP contribution in [0.4, 0.5) is 4.39 Å². The van der Waals surface area contributed by atoms with Crippen LogP contribution < -0.4 is 5.32 Å². The molecule has 0 saturated heterocycles. The summed E-state index contributed by atoms with van der Waals surface area (Å²) in [5, 5.41) is 12.2. The van der Waals surface area contributed by atoms with Crippen LogP contribution in [-0.2, 0) is 4.79 Å². The van der Waals surface area contributed by atoms with E-state index in [0.29, 0.717) is 25.8 Å². The van der Waals surface area contributed by atoms with Gasteiger partial charge in [0.1, 0.15) is 0 Å². The third kappa shape index (κ3) is 9.90. The predicted molar refractivity (Wildman–Crippen MR) is 63.0 cm³/mol. The summed E-state index contributed by atoms with van der Waals surface area (Å²) in [6.45, 7) is 2.25. The summed E-state index contributed by atoms with van der Waals surface area (Å²) in [6.07, 6.45) is 4.56. The number of amides is 1. The molecule has 0 bridgehead atoms. The minimum atomic E-state index is -0.308. The molecule has 1 unspecified atom stereocenters. The van der Waals surface area contributed by atoms with E-state index in [0.717, 1.165) is 25.7 Å². The van der Waals surface area contributed by atoms with Gasteiger partial charge in [-0.3, -0.25) is 9.18 Å². The van der Waals surface area contributed by atoms with Crippen molar-refractivity contribution in [1.29, 1.82) is 0 Å². The zero-order chi connectivity index (χ0) is 12.2. The van der Waals surface area contributed by atoms with E-state index in [9.17, 15) is 14.3 Å². The molecule has 0 fully saturated rings. The monoisotopic (exact) mass is 233 g/mol. The molecule has 0 spiro atoms. The van der Waals surface area contributed by atoms with Crippen LogP contribution in [0.5, 0.6) is 0 Å². The topological polar surface area (TPSA) is 49.3 Å². The maximum Gasteiger partial charge on any atom is 0.219 e. The number of aliphatic hydroxyl groups is 1. The number of nitrogens with one attached hydrogen (secondary N) is 1. The first-order valence-corrected chi connectivity index (χ1v) is 6.21. The highest BCUT2D eigenvalue weighted by Crippen LogP contribution is 2.01. The van der Waals surface area contributed by atoms with Crippen molar-refractivity contribution in [1.82, 2.24) is 5.32 Å². The zero-order valence-corrected chi connectivity index (χ0v) is 10.2. The Morgan fingerprint density at radius 2 is 2.06 bits per heavy atom. The molecule has 2 N–H and O–H groups in total. The average molecular weight is 233 g/mol. The van der Waals surface area contributed by atoms with Crippen LogP contribution in [0.1, 0.15) is 51.9 Å². The number of rotatable bonds is 10. The molecule has 4 heteroatoms. The summed E-state index contributed by atoms with van der Waals surface area (Å²) < 4.78 is 11.8. The maximum atomic E-state index is 11.8. The van der Waals surface area contributed by atoms with E-state index in [1.165, 1.54) is 0 Å². The van der Waals surface area contributed by atoms with Gasteiger partial charge in [-0.25, -0.2) is 0 Å². The van der Waals surface area contributed by atoms with Crippen molar-refractivity contribution in [3.8, 4) is 0 Å². The lowest BCUT2D eigenvalue weighted by Crippen LogP contribution is -2.26. The number of hydrogen-bond donors (Lipinski definition) is 2. The van der Waals surface area contributed by atoms with E-state index < -0.39 is 0 Å². The van der Waals surface area contributed by atoms with Gasteiger partial charge in [0.2, 0.25) is 5.91 Å².